The summed E-state index contributed by atoms with van der Waals surface area (Å²) in [5.41, 5.74) is 1.60. The number of aryl methyl sites for hydroxylation is 1. The fourth-order valence-corrected chi connectivity index (χ4v) is 3.45. The third kappa shape index (κ3) is 5.58. The molecule has 0 saturated carbocycles. The van der Waals surface area contributed by atoms with Crippen LogP contribution in [0, 0.1) is 0 Å². The van der Waals surface area contributed by atoms with Gasteiger partial charge in [0.25, 0.3) is 0 Å². The quantitative estimate of drug-likeness (QED) is 0.707. The van der Waals surface area contributed by atoms with Crippen LogP contribution in [0.1, 0.15) is 18.9 Å². The van der Waals surface area contributed by atoms with Crippen LogP contribution < -0.4 is 14.8 Å². The van der Waals surface area contributed by atoms with E-state index in [1.165, 1.54) is 37.8 Å². The zero-order valence-electron chi connectivity index (χ0n) is 14.3. The average Bonchev–Trinajstić information content (AvgIpc) is 2.59. The molecule has 7 heteroatoms. The van der Waals surface area contributed by atoms with Crippen LogP contribution in [0.2, 0.25) is 0 Å². The lowest BCUT2D eigenvalue weighted by Crippen LogP contribution is -2.25. The van der Waals surface area contributed by atoms with Gasteiger partial charge < -0.3 is 10.1 Å². The number of carbonyl (C=O) groups is 1. The van der Waals surface area contributed by atoms with E-state index >= 15 is 0 Å². The van der Waals surface area contributed by atoms with E-state index in [1.807, 2.05) is 30.3 Å². The molecule has 0 heterocycles. The molecule has 1 amide bonds. The molecule has 0 saturated heterocycles. The number of sulfonamides is 1. The maximum Gasteiger partial charge on any atom is 0.240 e. The van der Waals surface area contributed by atoms with Crippen molar-refractivity contribution in [1.29, 1.82) is 0 Å². The van der Waals surface area contributed by atoms with E-state index in [1.54, 1.807) is 0 Å². The van der Waals surface area contributed by atoms with Gasteiger partial charge in [-0.15, -0.1) is 0 Å². The summed E-state index contributed by atoms with van der Waals surface area (Å²) in [4.78, 5) is 11.3. The summed E-state index contributed by atoms with van der Waals surface area (Å²) < 4.78 is 32.5. The predicted octanol–water partition coefficient (Wildman–Crippen LogP) is 2.56. The number of hydrogen-bond donors (Lipinski definition) is 2. The van der Waals surface area contributed by atoms with Gasteiger partial charge in [-0.1, -0.05) is 30.3 Å². The van der Waals surface area contributed by atoms with Crippen molar-refractivity contribution < 1.29 is 17.9 Å². The minimum atomic E-state index is -3.64. The number of hydrogen-bond acceptors (Lipinski definition) is 4. The molecule has 0 radical (unpaired) electrons. The normalized spacial score (nSPS) is 11.1. The van der Waals surface area contributed by atoms with Gasteiger partial charge >= 0.3 is 0 Å². The molecule has 0 fully saturated rings. The summed E-state index contributed by atoms with van der Waals surface area (Å²) in [7, 11) is -2.21. The maximum absolute atomic E-state index is 12.4. The van der Waals surface area contributed by atoms with Gasteiger partial charge in [0.15, 0.2) is 0 Å². The fraction of sp³-hybridized carbons (Fsp3) is 0.278. The largest absolute Gasteiger partial charge is 0.495 e. The number of nitrogens with one attached hydrogen (secondary N) is 2. The van der Waals surface area contributed by atoms with Crippen LogP contribution in [-0.4, -0.2) is 28.0 Å². The number of benzene rings is 2. The molecule has 134 valence electrons. The van der Waals surface area contributed by atoms with Gasteiger partial charge in [0.1, 0.15) is 5.75 Å². The molecule has 0 aromatic heterocycles. The van der Waals surface area contributed by atoms with Gasteiger partial charge in [0.05, 0.1) is 17.7 Å². The van der Waals surface area contributed by atoms with E-state index < -0.39 is 10.0 Å². The van der Waals surface area contributed by atoms with Gasteiger partial charge in [-0.3, -0.25) is 4.79 Å². The van der Waals surface area contributed by atoms with E-state index in [2.05, 4.69) is 10.0 Å². The number of anilines is 1. The number of ether oxygens (including phenoxy) is 1. The highest BCUT2D eigenvalue weighted by Gasteiger charge is 2.16. The molecule has 0 aliphatic carbocycles. The first-order chi connectivity index (χ1) is 11.9. The first kappa shape index (κ1) is 19.0. The molecular weight excluding hydrogens is 340 g/mol. The van der Waals surface area contributed by atoms with E-state index in [4.69, 9.17) is 4.74 Å². The van der Waals surface area contributed by atoms with Crippen molar-refractivity contribution >= 4 is 21.6 Å². The number of amides is 1. The number of carbonyl (C=O) groups excluding carboxylic acids is 1. The third-order valence-corrected chi connectivity index (χ3v) is 5.03. The average molecular weight is 362 g/mol. The number of methoxy groups -OCH3 is 1. The van der Waals surface area contributed by atoms with Crippen molar-refractivity contribution in [3.8, 4) is 5.75 Å². The smallest absolute Gasteiger partial charge is 0.240 e. The van der Waals surface area contributed by atoms with Gasteiger partial charge in [0, 0.05) is 19.5 Å². The lowest BCUT2D eigenvalue weighted by molar-refractivity contribution is -0.114. The second kappa shape index (κ2) is 8.64. The first-order valence-electron chi connectivity index (χ1n) is 7.91. The summed E-state index contributed by atoms with van der Waals surface area (Å²) in [6, 6.07) is 14.2. The van der Waals surface area contributed by atoms with Gasteiger partial charge in [-0.25, -0.2) is 13.1 Å². The molecule has 0 atom stereocenters. The highest BCUT2D eigenvalue weighted by atomic mass is 32.2. The van der Waals surface area contributed by atoms with Crippen molar-refractivity contribution in [2.45, 2.75) is 24.7 Å². The maximum atomic E-state index is 12.4. The summed E-state index contributed by atoms with van der Waals surface area (Å²) in [5, 5.41) is 2.59. The Kier molecular flexibility index (Phi) is 6.55. The Bertz CT molecular complexity index is 820. The fourth-order valence-electron chi connectivity index (χ4n) is 2.36. The summed E-state index contributed by atoms with van der Waals surface area (Å²) in [5.74, 6) is 0.0373. The Balaban J connectivity index is 1.99. The van der Waals surface area contributed by atoms with Crippen LogP contribution in [0.5, 0.6) is 5.75 Å². The molecule has 0 unspecified atom stereocenters. The van der Waals surface area contributed by atoms with Crippen LogP contribution in [0.3, 0.4) is 0 Å². The predicted molar refractivity (Wildman–Crippen MR) is 97.2 cm³/mol. The Morgan fingerprint density at radius 3 is 2.48 bits per heavy atom. The molecule has 2 rings (SSSR count). The van der Waals surface area contributed by atoms with Crippen molar-refractivity contribution in [2.75, 3.05) is 19.0 Å². The lowest BCUT2D eigenvalue weighted by Gasteiger charge is -2.12. The zero-order valence-corrected chi connectivity index (χ0v) is 15.1. The second-order valence-corrected chi connectivity index (χ2v) is 7.30. The van der Waals surface area contributed by atoms with Crippen LogP contribution in [-0.2, 0) is 21.2 Å². The highest BCUT2D eigenvalue weighted by Crippen LogP contribution is 2.27. The Morgan fingerprint density at radius 2 is 1.84 bits per heavy atom. The van der Waals surface area contributed by atoms with Crippen molar-refractivity contribution in [3.63, 3.8) is 0 Å². The second-order valence-electron chi connectivity index (χ2n) is 5.53. The molecule has 25 heavy (non-hydrogen) atoms. The molecule has 2 aromatic carbocycles. The van der Waals surface area contributed by atoms with Crippen molar-refractivity contribution in [2.24, 2.45) is 0 Å². The van der Waals surface area contributed by atoms with Crippen LogP contribution >= 0.6 is 0 Å². The highest BCUT2D eigenvalue weighted by molar-refractivity contribution is 7.89. The first-order valence-corrected chi connectivity index (χ1v) is 9.40. The minimum absolute atomic E-state index is 0.0955. The van der Waals surface area contributed by atoms with Gasteiger partial charge in [-0.05, 0) is 30.5 Å². The molecule has 2 N–H and O–H groups in total. The molecule has 0 aliphatic heterocycles. The SMILES string of the molecule is COc1cc(S(=O)(=O)NCCCc2ccccc2)ccc1NC(C)=O. The molecule has 0 spiro atoms. The van der Waals surface area contributed by atoms with Crippen LogP contribution in [0.25, 0.3) is 0 Å². The van der Waals surface area contributed by atoms with Gasteiger partial charge in [-0.2, -0.15) is 0 Å². The third-order valence-electron chi connectivity index (χ3n) is 3.57. The van der Waals surface area contributed by atoms with E-state index in [0.29, 0.717) is 24.4 Å². The minimum Gasteiger partial charge on any atom is -0.495 e. The molecular formula is C18H22N2O4S. The summed E-state index contributed by atoms with van der Waals surface area (Å²) in [6.45, 7) is 1.71. The lowest BCUT2D eigenvalue weighted by atomic mass is 10.1. The van der Waals surface area contributed by atoms with Crippen LogP contribution in [0.4, 0.5) is 5.69 Å². The van der Waals surface area contributed by atoms with Crippen LogP contribution in [0.15, 0.2) is 53.4 Å². The van der Waals surface area contributed by atoms with E-state index in [0.717, 1.165) is 6.42 Å². The topological polar surface area (TPSA) is 84.5 Å². The number of rotatable bonds is 8. The van der Waals surface area contributed by atoms with E-state index in [-0.39, 0.29) is 10.8 Å². The Hall–Kier alpha value is -2.38. The summed E-state index contributed by atoms with van der Waals surface area (Å²) in [6.07, 6.45) is 1.50. The standard InChI is InChI=1S/C18H22N2O4S/c1-14(21)20-17-11-10-16(13-18(17)24-2)25(22,23)19-12-6-9-15-7-4-3-5-8-15/h3-5,7-8,10-11,13,19H,6,9,12H2,1-2H3,(H,20,21). The Labute approximate surface area is 148 Å². The van der Waals surface area contributed by atoms with Crippen molar-refractivity contribution in [3.05, 3.63) is 54.1 Å². The molecule has 0 aliphatic rings. The summed E-state index contributed by atoms with van der Waals surface area (Å²) >= 11 is 0. The van der Waals surface area contributed by atoms with Crippen molar-refractivity contribution in [1.82, 2.24) is 4.72 Å². The van der Waals surface area contributed by atoms with Gasteiger partial charge in [0.2, 0.25) is 15.9 Å². The zero-order chi connectivity index (χ0) is 18.3. The molecule has 6 nitrogen and oxygen atoms in total. The monoisotopic (exact) mass is 362 g/mol. The molecule has 2 aromatic rings. The molecule has 0 bridgehead atoms. The van der Waals surface area contributed by atoms with E-state index in [9.17, 15) is 13.2 Å². The Morgan fingerprint density at radius 1 is 1.12 bits per heavy atom.